The number of amidine groups is 1. The van der Waals surface area contributed by atoms with Gasteiger partial charge in [-0.1, -0.05) is 11.6 Å². The third kappa shape index (κ3) is 4.64. The molecule has 0 unspecified atom stereocenters. The average Bonchev–Trinajstić information content (AvgIpc) is 2.65. The first-order valence-corrected chi connectivity index (χ1v) is 9.13. The number of anilines is 1. The van der Waals surface area contributed by atoms with Crippen LogP contribution in [-0.2, 0) is 10.3 Å². The quantitative estimate of drug-likeness (QED) is 0.604. The molecule has 0 fully saturated rings. The van der Waals surface area contributed by atoms with Crippen LogP contribution in [0.4, 0.5) is 27.6 Å². The monoisotopic (exact) mass is 498 g/mol. The summed E-state index contributed by atoms with van der Waals surface area (Å²) in [6.45, 7) is 1.43. The first-order valence-electron chi connectivity index (χ1n) is 8.76. The fraction of sp³-hybridized carbons (Fsp3) is 0.316. The number of nitrogens with two attached hydrogens (primary N) is 1. The minimum Gasteiger partial charge on any atom is -0.385 e. The van der Waals surface area contributed by atoms with Gasteiger partial charge in [0.1, 0.15) is 17.2 Å². The van der Waals surface area contributed by atoms with E-state index in [4.69, 9.17) is 22.1 Å². The summed E-state index contributed by atoms with van der Waals surface area (Å²) in [7, 11) is 0. The van der Waals surface area contributed by atoms with E-state index in [1.165, 1.54) is 13.0 Å². The third-order valence-electron chi connectivity index (χ3n) is 4.87. The Morgan fingerprint density at radius 2 is 1.88 bits per heavy atom. The van der Waals surface area contributed by atoms with E-state index in [1.54, 1.807) is 0 Å². The van der Waals surface area contributed by atoms with Crippen molar-refractivity contribution in [3.8, 4) is 0 Å². The van der Waals surface area contributed by atoms with Gasteiger partial charge < -0.3 is 15.8 Å². The summed E-state index contributed by atoms with van der Waals surface area (Å²) in [5.74, 6) is -3.59. The Balaban J connectivity index is 0.00000363. The lowest BCUT2D eigenvalue weighted by molar-refractivity contribution is -0.249. The number of aliphatic imine (C=N–C) groups is 1. The standard InChI is InChI=1S/C19H16ClF5N4O2.ClH/c1-17(8-31-18(2,16(26)29-17)19(23,24)25)11-6-10(3-4-12(11)21)28-15(30)14-13(22)5-9(20)7-27-14;/h3-7H,8H2,1-2H3,(H2,26,29)(H,28,30);1H/t17-,18+;/m0./s1. The second kappa shape index (κ2) is 8.80. The van der Waals surface area contributed by atoms with Gasteiger partial charge in [-0.2, -0.15) is 13.2 Å². The van der Waals surface area contributed by atoms with Crippen molar-refractivity contribution in [3.05, 3.63) is 58.4 Å². The molecule has 0 spiro atoms. The number of halogens is 7. The van der Waals surface area contributed by atoms with Crippen LogP contribution in [0.15, 0.2) is 35.5 Å². The zero-order valence-corrected chi connectivity index (χ0v) is 18.1. The highest BCUT2D eigenvalue weighted by Gasteiger charge is 2.59. The van der Waals surface area contributed by atoms with Crippen LogP contribution in [0.25, 0.3) is 0 Å². The van der Waals surface area contributed by atoms with Gasteiger partial charge in [0.2, 0.25) is 5.60 Å². The number of ether oxygens (including phenoxy) is 1. The van der Waals surface area contributed by atoms with E-state index in [0.717, 1.165) is 31.3 Å². The van der Waals surface area contributed by atoms with Gasteiger partial charge in [-0.05, 0) is 38.1 Å². The average molecular weight is 499 g/mol. The molecular formula is C19H17Cl2F5N4O2. The van der Waals surface area contributed by atoms with Gasteiger partial charge >= 0.3 is 6.18 Å². The number of alkyl halides is 3. The molecule has 13 heteroatoms. The fourth-order valence-electron chi connectivity index (χ4n) is 2.92. The topological polar surface area (TPSA) is 89.6 Å². The highest BCUT2D eigenvalue weighted by Crippen LogP contribution is 2.41. The largest absolute Gasteiger partial charge is 0.424 e. The van der Waals surface area contributed by atoms with Gasteiger partial charge in [0.15, 0.2) is 11.5 Å². The molecule has 0 saturated heterocycles. The molecule has 0 bridgehead atoms. The van der Waals surface area contributed by atoms with Gasteiger partial charge in [0.25, 0.3) is 5.91 Å². The highest BCUT2D eigenvalue weighted by atomic mass is 35.5. The normalized spacial score (nSPS) is 23.2. The number of nitrogens with one attached hydrogen (secondary N) is 1. The van der Waals surface area contributed by atoms with Crippen LogP contribution in [0.1, 0.15) is 29.9 Å². The first-order chi connectivity index (χ1) is 14.3. The zero-order valence-electron chi connectivity index (χ0n) is 16.6. The maximum absolute atomic E-state index is 14.5. The number of nitrogens with zero attached hydrogens (tertiary/aromatic N) is 2. The summed E-state index contributed by atoms with van der Waals surface area (Å²) < 4.78 is 73.3. The smallest absolute Gasteiger partial charge is 0.385 e. The second-order valence-corrected chi connectivity index (χ2v) is 7.66. The number of amides is 1. The Morgan fingerprint density at radius 1 is 1.22 bits per heavy atom. The van der Waals surface area contributed by atoms with Crippen molar-refractivity contribution in [1.29, 1.82) is 0 Å². The van der Waals surface area contributed by atoms with Crippen molar-refractivity contribution in [1.82, 2.24) is 4.98 Å². The van der Waals surface area contributed by atoms with E-state index in [0.29, 0.717) is 0 Å². The SMILES string of the molecule is C[C@@]1(c2cc(NC(=O)c3ncc(Cl)cc3F)ccc2F)CO[C@@](C)(C(F)(F)F)C(N)=N1.Cl. The van der Waals surface area contributed by atoms with E-state index in [9.17, 15) is 26.7 Å². The number of rotatable bonds is 3. The molecule has 32 heavy (non-hydrogen) atoms. The van der Waals surface area contributed by atoms with Crippen LogP contribution >= 0.6 is 24.0 Å². The van der Waals surface area contributed by atoms with Gasteiger partial charge in [0, 0.05) is 17.4 Å². The van der Waals surface area contributed by atoms with Gasteiger partial charge in [-0.3, -0.25) is 9.79 Å². The lowest BCUT2D eigenvalue weighted by Crippen LogP contribution is -2.60. The minimum absolute atomic E-state index is 0. The molecule has 0 radical (unpaired) electrons. The van der Waals surface area contributed by atoms with E-state index in [2.05, 4.69) is 15.3 Å². The third-order valence-corrected chi connectivity index (χ3v) is 5.07. The molecule has 2 atom stereocenters. The van der Waals surface area contributed by atoms with Crippen LogP contribution in [-0.4, -0.2) is 35.1 Å². The Labute approximate surface area is 190 Å². The van der Waals surface area contributed by atoms with Crippen molar-refractivity contribution in [2.45, 2.75) is 31.2 Å². The number of carbonyl (C=O) groups excluding carboxylic acids is 1. The van der Waals surface area contributed by atoms with E-state index in [1.807, 2.05) is 0 Å². The molecule has 174 valence electrons. The summed E-state index contributed by atoms with van der Waals surface area (Å²) in [6, 6.07) is 4.21. The van der Waals surface area contributed by atoms with Crippen molar-refractivity contribution >= 4 is 41.4 Å². The van der Waals surface area contributed by atoms with Crippen molar-refractivity contribution in [2.24, 2.45) is 10.7 Å². The number of benzene rings is 1. The number of carbonyl (C=O) groups is 1. The number of aromatic nitrogens is 1. The van der Waals surface area contributed by atoms with Crippen LogP contribution in [0.2, 0.25) is 5.02 Å². The first kappa shape index (κ1) is 25.8. The van der Waals surface area contributed by atoms with E-state index >= 15 is 0 Å². The van der Waals surface area contributed by atoms with Crippen LogP contribution in [0, 0.1) is 11.6 Å². The highest BCUT2D eigenvalue weighted by molar-refractivity contribution is 6.30. The molecule has 1 aliphatic rings. The van der Waals surface area contributed by atoms with Gasteiger partial charge in [-0.15, -0.1) is 12.4 Å². The van der Waals surface area contributed by atoms with E-state index < -0.39 is 53.0 Å². The number of hydrogen-bond acceptors (Lipinski definition) is 5. The minimum atomic E-state index is -4.83. The number of hydrogen-bond donors (Lipinski definition) is 2. The Hall–Kier alpha value is -2.50. The zero-order chi connectivity index (χ0) is 23.2. The van der Waals surface area contributed by atoms with Crippen molar-refractivity contribution in [3.63, 3.8) is 0 Å². The van der Waals surface area contributed by atoms with Crippen LogP contribution < -0.4 is 11.1 Å². The van der Waals surface area contributed by atoms with Crippen molar-refractivity contribution < 1.29 is 31.5 Å². The summed E-state index contributed by atoms with van der Waals surface area (Å²) in [6.07, 6.45) is -3.75. The molecule has 1 aliphatic heterocycles. The molecule has 2 heterocycles. The molecule has 1 amide bonds. The lowest BCUT2D eigenvalue weighted by Gasteiger charge is -2.41. The Kier molecular flexibility index (Phi) is 7.08. The lowest BCUT2D eigenvalue weighted by atomic mass is 9.89. The molecule has 2 aromatic rings. The molecule has 6 nitrogen and oxygen atoms in total. The molecule has 0 aliphatic carbocycles. The fourth-order valence-corrected chi connectivity index (χ4v) is 3.06. The van der Waals surface area contributed by atoms with Crippen molar-refractivity contribution in [2.75, 3.05) is 11.9 Å². The van der Waals surface area contributed by atoms with E-state index in [-0.39, 0.29) is 28.7 Å². The molecule has 3 rings (SSSR count). The number of pyridine rings is 1. The predicted molar refractivity (Wildman–Crippen MR) is 110 cm³/mol. The van der Waals surface area contributed by atoms with Gasteiger partial charge in [-0.25, -0.2) is 13.8 Å². The summed E-state index contributed by atoms with van der Waals surface area (Å²) in [5, 5.41) is 2.33. The molecule has 1 aromatic carbocycles. The Morgan fingerprint density at radius 3 is 2.44 bits per heavy atom. The molecule has 1 aromatic heterocycles. The van der Waals surface area contributed by atoms with Gasteiger partial charge in [0.05, 0.1) is 11.6 Å². The summed E-state index contributed by atoms with van der Waals surface area (Å²) in [4.78, 5) is 19.8. The molecule has 3 N–H and O–H groups in total. The summed E-state index contributed by atoms with van der Waals surface area (Å²) in [5.41, 5.74) is 0.413. The maximum Gasteiger partial charge on any atom is 0.424 e. The van der Waals surface area contributed by atoms with Crippen LogP contribution in [0.5, 0.6) is 0 Å². The second-order valence-electron chi connectivity index (χ2n) is 7.22. The maximum atomic E-state index is 14.5. The molecular weight excluding hydrogens is 482 g/mol. The predicted octanol–water partition coefficient (Wildman–Crippen LogP) is 4.61. The summed E-state index contributed by atoms with van der Waals surface area (Å²) >= 11 is 5.60. The van der Waals surface area contributed by atoms with Crippen LogP contribution in [0.3, 0.4) is 0 Å². The molecule has 0 saturated carbocycles. The Bertz CT molecular complexity index is 1080.